The smallest absolute Gasteiger partial charge is 0.338 e. The van der Waals surface area contributed by atoms with Gasteiger partial charge >= 0.3 is 5.97 Å². The van der Waals surface area contributed by atoms with Gasteiger partial charge in [0.2, 0.25) is 10.0 Å². The molecule has 0 amide bonds. The third kappa shape index (κ3) is 5.68. The number of hydrogen-bond donors (Lipinski definition) is 0. The summed E-state index contributed by atoms with van der Waals surface area (Å²) >= 11 is 0. The summed E-state index contributed by atoms with van der Waals surface area (Å²) in [5.74, 6) is -1.15. The first-order chi connectivity index (χ1) is 15.8. The molecule has 0 N–H and O–H groups in total. The maximum Gasteiger partial charge on any atom is 0.338 e. The van der Waals surface area contributed by atoms with Crippen LogP contribution in [-0.4, -0.2) is 40.0 Å². The fourth-order valence-electron chi connectivity index (χ4n) is 3.13. The van der Waals surface area contributed by atoms with Gasteiger partial charge in [0.25, 0.3) is 0 Å². The van der Waals surface area contributed by atoms with Crippen molar-refractivity contribution in [1.82, 2.24) is 4.31 Å². The second kappa shape index (κ2) is 10.5. The lowest BCUT2D eigenvalue weighted by Gasteiger charge is -2.19. The average Bonchev–Trinajstić information content (AvgIpc) is 2.82. The van der Waals surface area contributed by atoms with Crippen LogP contribution in [0, 0.1) is 5.82 Å². The summed E-state index contributed by atoms with van der Waals surface area (Å²) in [5, 5.41) is 0. The highest BCUT2D eigenvalue weighted by Crippen LogP contribution is 2.28. The molecule has 0 heterocycles. The number of methoxy groups -OCH3 is 2. The summed E-state index contributed by atoms with van der Waals surface area (Å²) in [5.41, 5.74) is 1.26. The molecule has 174 valence electrons. The molecule has 0 fully saturated rings. The molecule has 0 saturated carbocycles. The predicted octanol–water partition coefficient (Wildman–Crippen LogP) is 4.02. The monoisotopic (exact) mass is 473 g/mol. The standard InChI is InChI=1S/C24H24FNO6S/c1-26(15-17-7-5-4-6-8-17)33(28,29)23-14-19(10-12-22(23)31-3)24(27)32-16-18-9-11-21(30-2)20(25)13-18/h4-14H,15-16H2,1-3H3. The zero-order chi connectivity index (χ0) is 24.0. The van der Waals surface area contributed by atoms with Gasteiger partial charge in [0.1, 0.15) is 17.3 Å². The molecule has 0 saturated heterocycles. The second-order valence-corrected chi connectivity index (χ2v) is 9.17. The number of hydrogen-bond acceptors (Lipinski definition) is 6. The van der Waals surface area contributed by atoms with Crippen LogP contribution in [0.1, 0.15) is 21.5 Å². The zero-order valence-electron chi connectivity index (χ0n) is 18.4. The Balaban J connectivity index is 1.80. The van der Waals surface area contributed by atoms with E-state index in [0.717, 1.165) is 5.56 Å². The zero-order valence-corrected chi connectivity index (χ0v) is 19.3. The van der Waals surface area contributed by atoms with E-state index >= 15 is 0 Å². The van der Waals surface area contributed by atoms with Crippen molar-refractivity contribution < 1.29 is 31.8 Å². The molecule has 7 nitrogen and oxygen atoms in total. The first-order valence-electron chi connectivity index (χ1n) is 9.94. The van der Waals surface area contributed by atoms with Gasteiger partial charge in [-0.1, -0.05) is 36.4 Å². The Labute approximate surface area is 192 Å². The quantitative estimate of drug-likeness (QED) is 0.437. The molecule has 0 atom stereocenters. The summed E-state index contributed by atoms with van der Waals surface area (Å²) < 4.78 is 56.8. The Kier molecular flexibility index (Phi) is 7.67. The molecule has 0 spiro atoms. The number of nitrogens with zero attached hydrogens (tertiary/aromatic N) is 1. The molecule has 3 aromatic carbocycles. The molecule has 33 heavy (non-hydrogen) atoms. The first-order valence-corrected chi connectivity index (χ1v) is 11.4. The first kappa shape index (κ1) is 24.2. The van der Waals surface area contributed by atoms with Crippen LogP contribution < -0.4 is 9.47 Å². The fraction of sp³-hybridized carbons (Fsp3) is 0.208. The van der Waals surface area contributed by atoms with Gasteiger partial charge in [0.05, 0.1) is 19.8 Å². The largest absolute Gasteiger partial charge is 0.495 e. The van der Waals surface area contributed by atoms with Crippen LogP contribution in [-0.2, 0) is 27.9 Å². The molecule has 0 aromatic heterocycles. The van der Waals surface area contributed by atoms with Gasteiger partial charge < -0.3 is 14.2 Å². The average molecular weight is 474 g/mol. The van der Waals surface area contributed by atoms with Crippen molar-refractivity contribution in [2.45, 2.75) is 18.0 Å². The van der Waals surface area contributed by atoms with E-state index < -0.39 is 21.8 Å². The van der Waals surface area contributed by atoms with E-state index in [1.165, 1.54) is 55.9 Å². The Morgan fingerprint density at radius 2 is 1.58 bits per heavy atom. The van der Waals surface area contributed by atoms with Crippen LogP contribution in [0.2, 0.25) is 0 Å². The molecule has 0 unspecified atom stereocenters. The molecule has 0 aliphatic carbocycles. The SMILES string of the molecule is COc1ccc(COC(=O)c2ccc(OC)c(S(=O)(=O)N(C)Cc3ccccc3)c2)cc1F. The predicted molar refractivity (Wildman–Crippen MR) is 120 cm³/mol. The third-order valence-electron chi connectivity index (χ3n) is 4.92. The van der Waals surface area contributed by atoms with Crippen molar-refractivity contribution in [3.63, 3.8) is 0 Å². The van der Waals surface area contributed by atoms with E-state index in [0.29, 0.717) is 5.56 Å². The molecule has 0 radical (unpaired) electrons. The fourth-order valence-corrected chi connectivity index (χ4v) is 4.47. The third-order valence-corrected chi connectivity index (χ3v) is 6.75. The van der Waals surface area contributed by atoms with Gasteiger partial charge in [-0.05, 0) is 41.5 Å². The number of rotatable bonds is 9. The van der Waals surface area contributed by atoms with E-state index in [1.807, 2.05) is 30.3 Å². The number of ether oxygens (including phenoxy) is 3. The summed E-state index contributed by atoms with van der Waals surface area (Å²) in [6.45, 7) is -0.0498. The Morgan fingerprint density at radius 3 is 2.21 bits per heavy atom. The van der Waals surface area contributed by atoms with Crippen LogP contribution in [0.4, 0.5) is 4.39 Å². The number of benzene rings is 3. The van der Waals surface area contributed by atoms with Crippen molar-refractivity contribution in [2.75, 3.05) is 21.3 Å². The van der Waals surface area contributed by atoms with E-state index in [-0.39, 0.29) is 35.1 Å². The molecule has 0 aliphatic rings. The lowest BCUT2D eigenvalue weighted by Crippen LogP contribution is -2.27. The maximum atomic E-state index is 13.8. The van der Waals surface area contributed by atoms with Crippen LogP contribution in [0.5, 0.6) is 11.5 Å². The van der Waals surface area contributed by atoms with Crippen LogP contribution in [0.15, 0.2) is 71.6 Å². The Hall–Kier alpha value is -3.43. The highest BCUT2D eigenvalue weighted by atomic mass is 32.2. The van der Waals surface area contributed by atoms with Crippen molar-refractivity contribution in [2.24, 2.45) is 0 Å². The molecule has 3 aromatic rings. The van der Waals surface area contributed by atoms with E-state index in [9.17, 15) is 17.6 Å². The minimum absolute atomic E-state index is 0.0245. The van der Waals surface area contributed by atoms with Gasteiger partial charge in [-0.25, -0.2) is 17.6 Å². The molecule has 3 rings (SSSR count). The van der Waals surface area contributed by atoms with Crippen molar-refractivity contribution >= 4 is 16.0 Å². The van der Waals surface area contributed by atoms with Crippen LogP contribution in [0.3, 0.4) is 0 Å². The van der Waals surface area contributed by atoms with Crippen molar-refractivity contribution in [3.05, 3.63) is 89.2 Å². The Morgan fingerprint density at radius 1 is 0.909 bits per heavy atom. The van der Waals surface area contributed by atoms with E-state index in [4.69, 9.17) is 14.2 Å². The number of carbonyl (C=O) groups is 1. The minimum Gasteiger partial charge on any atom is -0.495 e. The highest BCUT2D eigenvalue weighted by molar-refractivity contribution is 7.89. The lowest BCUT2D eigenvalue weighted by molar-refractivity contribution is 0.0472. The van der Waals surface area contributed by atoms with Gasteiger partial charge in [0.15, 0.2) is 11.6 Å². The second-order valence-electron chi connectivity index (χ2n) is 7.16. The van der Waals surface area contributed by atoms with Crippen LogP contribution >= 0.6 is 0 Å². The summed E-state index contributed by atoms with van der Waals surface area (Å²) in [4.78, 5) is 12.4. The van der Waals surface area contributed by atoms with Gasteiger partial charge in [-0.2, -0.15) is 4.31 Å². The Bertz CT molecular complexity index is 1230. The molecular weight excluding hydrogens is 449 g/mol. The number of carbonyl (C=O) groups excluding carboxylic acids is 1. The molecule has 0 aliphatic heterocycles. The topological polar surface area (TPSA) is 82.1 Å². The number of esters is 1. The minimum atomic E-state index is -3.98. The van der Waals surface area contributed by atoms with Gasteiger partial charge in [-0.3, -0.25) is 0 Å². The van der Waals surface area contributed by atoms with Crippen LogP contribution in [0.25, 0.3) is 0 Å². The molecule has 9 heteroatoms. The lowest BCUT2D eigenvalue weighted by atomic mass is 10.2. The number of sulfonamides is 1. The molecular formula is C24H24FNO6S. The van der Waals surface area contributed by atoms with Crippen molar-refractivity contribution in [1.29, 1.82) is 0 Å². The van der Waals surface area contributed by atoms with E-state index in [1.54, 1.807) is 6.07 Å². The van der Waals surface area contributed by atoms with Gasteiger partial charge in [-0.15, -0.1) is 0 Å². The number of halogens is 1. The molecule has 0 bridgehead atoms. The van der Waals surface area contributed by atoms with Crippen molar-refractivity contribution in [3.8, 4) is 11.5 Å². The van der Waals surface area contributed by atoms with Gasteiger partial charge in [0, 0.05) is 13.6 Å². The van der Waals surface area contributed by atoms with E-state index in [2.05, 4.69) is 0 Å². The summed E-state index contributed by atoms with van der Waals surface area (Å²) in [7, 11) is 0.171. The maximum absolute atomic E-state index is 13.8. The highest BCUT2D eigenvalue weighted by Gasteiger charge is 2.26. The summed E-state index contributed by atoms with van der Waals surface area (Å²) in [6, 6.07) is 17.3. The summed E-state index contributed by atoms with van der Waals surface area (Å²) in [6.07, 6.45) is 0. The normalized spacial score (nSPS) is 11.3.